The summed E-state index contributed by atoms with van der Waals surface area (Å²) in [7, 11) is 0. The van der Waals surface area contributed by atoms with Crippen molar-refractivity contribution in [3.63, 3.8) is 0 Å². The molecule has 2 rings (SSSR count). The molecule has 1 aromatic rings. The number of benzene rings is 1. The summed E-state index contributed by atoms with van der Waals surface area (Å²) in [5.41, 5.74) is 0.909. The van der Waals surface area contributed by atoms with E-state index in [1.54, 1.807) is 6.07 Å². The second-order valence-electron chi connectivity index (χ2n) is 4.43. The second kappa shape index (κ2) is 6.54. The van der Waals surface area contributed by atoms with Crippen LogP contribution < -0.4 is 5.32 Å². The first-order valence-electron chi connectivity index (χ1n) is 6.17. The van der Waals surface area contributed by atoms with Crippen LogP contribution in [-0.4, -0.2) is 31.1 Å². The van der Waals surface area contributed by atoms with Gasteiger partial charge in [-0.05, 0) is 73.6 Å². The molecule has 0 unspecified atom stereocenters. The summed E-state index contributed by atoms with van der Waals surface area (Å²) in [6.45, 7) is 4.56. The van der Waals surface area contributed by atoms with Gasteiger partial charge in [-0.1, -0.05) is 6.07 Å². The zero-order chi connectivity index (χ0) is 12.1. The van der Waals surface area contributed by atoms with Crippen LogP contribution in [0.3, 0.4) is 0 Å². The molecule has 0 spiro atoms. The Morgan fingerprint density at radius 3 is 2.82 bits per heavy atom. The van der Waals surface area contributed by atoms with Gasteiger partial charge >= 0.3 is 0 Å². The summed E-state index contributed by atoms with van der Waals surface area (Å²) in [4.78, 5) is 2.50. The average Bonchev–Trinajstić information content (AvgIpc) is 2.83. The first-order chi connectivity index (χ1) is 8.27. The third-order valence-electron chi connectivity index (χ3n) is 3.12. The molecule has 0 atom stereocenters. The smallest absolute Gasteiger partial charge is 0.138 e. The van der Waals surface area contributed by atoms with Gasteiger partial charge in [0.2, 0.25) is 0 Å². The molecule has 1 aliphatic rings. The van der Waals surface area contributed by atoms with Crippen molar-refractivity contribution in [3.05, 3.63) is 27.6 Å². The van der Waals surface area contributed by atoms with Crippen molar-refractivity contribution in [2.24, 2.45) is 0 Å². The Bertz CT molecular complexity index is 364. The van der Waals surface area contributed by atoms with Crippen molar-refractivity contribution in [2.75, 3.05) is 31.5 Å². The summed E-state index contributed by atoms with van der Waals surface area (Å²) in [6.07, 6.45) is 3.80. The molecule has 0 bridgehead atoms. The third-order valence-corrected chi connectivity index (χ3v) is 4.21. The molecule has 1 saturated heterocycles. The van der Waals surface area contributed by atoms with Gasteiger partial charge in [-0.3, -0.25) is 0 Å². The highest BCUT2D eigenvalue weighted by molar-refractivity contribution is 14.1. The van der Waals surface area contributed by atoms with E-state index in [0.717, 1.165) is 25.2 Å². The summed E-state index contributed by atoms with van der Waals surface area (Å²) in [5, 5.41) is 3.30. The number of hydrogen-bond donors (Lipinski definition) is 1. The number of likely N-dealkylation sites (tertiary alicyclic amines) is 1. The van der Waals surface area contributed by atoms with Crippen LogP contribution >= 0.6 is 22.6 Å². The van der Waals surface area contributed by atoms with Crippen molar-refractivity contribution in [3.8, 4) is 0 Å². The highest BCUT2D eigenvalue weighted by Gasteiger charge is 2.10. The largest absolute Gasteiger partial charge is 0.384 e. The zero-order valence-electron chi connectivity index (χ0n) is 9.88. The molecule has 2 nitrogen and oxygen atoms in total. The van der Waals surface area contributed by atoms with Gasteiger partial charge in [0.25, 0.3) is 0 Å². The predicted octanol–water partition coefficient (Wildman–Crippen LogP) is 3.33. The SMILES string of the molecule is Fc1cccc(NCCCN2CCCC2)c1I. The van der Waals surface area contributed by atoms with Gasteiger partial charge in [0.15, 0.2) is 0 Å². The van der Waals surface area contributed by atoms with E-state index >= 15 is 0 Å². The topological polar surface area (TPSA) is 15.3 Å². The normalized spacial score (nSPS) is 16.4. The molecule has 4 heteroatoms. The Morgan fingerprint density at radius 1 is 1.29 bits per heavy atom. The zero-order valence-corrected chi connectivity index (χ0v) is 12.0. The number of nitrogens with zero attached hydrogens (tertiary/aromatic N) is 1. The standard InChI is InChI=1S/C13H18FIN2/c14-11-5-3-6-12(13(11)15)16-7-4-10-17-8-1-2-9-17/h3,5-6,16H,1-2,4,7-10H2. The molecule has 1 aromatic carbocycles. The van der Waals surface area contributed by atoms with Crippen molar-refractivity contribution < 1.29 is 4.39 Å². The van der Waals surface area contributed by atoms with E-state index in [9.17, 15) is 4.39 Å². The summed E-state index contributed by atoms with van der Waals surface area (Å²) in [6, 6.07) is 5.18. The molecular formula is C13H18FIN2. The van der Waals surface area contributed by atoms with Crippen LogP contribution in [-0.2, 0) is 0 Å². The lowest BCUT2D eigenvalue weighted by molar-refractivity contribution is 0.337. The van der Waals surface area contributed by atoms with Crippen molar-refractivity contribution in [2.45, 2.75) is 19.3 Å². The van der Waals surface area contributed by atoms with Crippen LogP contribution in [0, 0.1) is 9.39 Å². The minimum atomic E-state index is -0.143. The van der Waals surface area contributed by atoms with E-state index in [4.69, 9.17) is 0 Å². The highest BCUT2D eigenvalue weighted by atomic mass is 127. The molecule has 94 valence electrons. The van der Waals surface area contributed by atoms with E-state index in [2.05, 4.69) is 10.2 Å². The van der Waals surface area contributed by atoms with Gasteiger partial charge in [0, 0.05) is 6.54 Å². The molecule has 17 heavy (non-hydrogen) atoms. The maximum atomic E-state index is 13.3. The first-order valence-corrected chi connectivity index (χ1v) is 7.25. The van der Waals surface area contributed by atoms with Crippen LogP contribution in [0.15, 0.2) is 18.2 Å². The number of nitrogens with one attached hydrogen (secondary N) is 1. The van der Waals surface area contributed by atoms with Gasteiger partial charge in [-0.2, -0.15) is 0 Å². The maximum Gasteiger partial charge on any atom is 0.138 e. The van der Waals surface area contributed by atoms with E-state index in [1.165, 1.54) is 32.0 Å². The fourth-order valence-electron chi connectivity index (χ4n) is 2.17. The van der Waals surface area contributed by atoms with E-state index in [-0.39, 0.29) is 5.82 Å². The summed E-state index contributed by atoms with van der Waals surface area (Å²) in [5.74, 6) is -0.143. The molecule has 1 N–H and O–H groups in total. The lowest BCUT2D eigenvalue weighted by Crippen LogP contribution is -2.22. The number of anilines is 1. The average molecular weight is 348 g/mol. The molecule has 0 aromatic heterocycles. The van der Waals surface area contributed by atoms with Crippen LogP contribution in [0.25, 0.3) is 0 Å². The minimum Gasteiger partial charge on any atom is -0.384 e. The summed E-state index contributed by atoms with van der Waals surface area (Å²) < 4.78 is 14.0. The van der Waals surface area contributed by atoms with Crippen LogP contribution in [0.4, 0.5) is 10.1 Å². The number of halogens is 2. The second-order valence-corrected chi connectivity index (χ2v) is 5.51. The third kappa shape index (κ3) is 3.81. The van der Waals surface area contributed by atoms with Crippen LogP contribution in [0.5, 0.6) is 0 Å². The van der Waals surface area contributed by atoms with E-state index in [1.807, 2.05) is 28.7 Å². The van der Waals surface area contributed by atoms with Gasteiger partial charge < -0.3 is 10.2 Å². The molecule has 1 aliphatic heterocycles. The van der Waals surface area contributed by atoms with E-state index in [0.29, 0.717) is 3.57 Å². The van der Waals surface area contributed by atoms with Gasteiger partial charge in [-0.15, -0.1) is 0 Å². The monoisotopic (exact) mass is 348 g/mol. The molecule has 0 saturated carbocycles. The Kier molecular flexibility index (Phi) is 5.03. The van der Waals surface area contributed by atoms with Crippen molar-refractivity contribution in [1.82, 2.24) is 4.90 Å². The predicted molar refractivity (Wildman–Crippen MR) is 77.9 cm³/mol. The minimum absolute atomic E-state index is 0.143. The highest BCUT2D eigenvalue weighted by Crippen LogP contribution is 2.20. The maximum absolute atomic E-state index is 13.3. The fraction of sp³-hybridized carbons (Fsp3) is 0.538. The molecule has 1 fully saturated rings. The van der Waals surface area contributed by atoms with Gasteiger partial charge in [0.1, 0.15) is 5.82 Å². The molecule has 0 radical (unpaired) electrons. The van der Waals surface area contributed by atoms with Crippen LogP contribution in [0.2, 0.25) is 0 Å². The van der Waals surface area contributed by atoms with E-state index < -0.39 is 0 Å². The molecule has 0 aliphatic carbocycles. The Balaban J connectivity index is 1.72. The van der Waals surface area contributed by atoms with Gasteiger partial charge in [-0.25, -0.2) is 4.39 Å². The fourth-order valence-corrected chi connectivity index (χ4v) is 2.72. The quantitative estimate of drug-likeness (QED) is 0.649. The lowest BCUT2D eigenvalue weighted by atomic mass is 10.3. The Hall–Kier alpha value is -0.360. The first kappa shape index (κ1) is 13.1. The van der Waals surface area contributed by atoms with Crippen molar-refractivity contribution >= 4 is 28.3 Å². The Labute approximate surface area is 116 Å². The number of rotatable bonds is 5. The van der Waals surface area contributed by atoms with Gasteiger partial charge in [0.05, 0.1) is 9.26 Å². The number of hydrogen-bond acceptors (Lipinski definition) is 2. The van der Waals surface area contributed by atoms with Crippen LogP contribution in [0.1, 0.15) is 19.3 Å². The van der Waals surface area contributed by atoms with Crippen molar-refractivity contribution in [1.29, 1.82) is 0 Å². The molecular weight excluding hydrogens is 330 g/mol. The lowest BCUT2D eigenvalue weighted by Gasteiger charge is -2.15. The summed E-state index contributed by atoms with van der Waals surface area (Å²) >= 11 is 2.05. The molecule has 1 heterocycles. The molecule has 0 amide bonds. The Morgan fingerprint density at radius 2 is 2.06 bits per heavy atom.